The number of hydrogen-bond acceptors (Lipinski definition) is 6. The molecule has 0 unspecified atom stereocenters. The molecule has 34 heavy (non-hydrogen) atoms. The Morgan fingerprint density at radius 1 is 1.15 bits per heavy atom. The van der Waals surface area contributed by atoms with E-state index in [0.29, 0.717) is 4.88 Å². The van der Waals surface area contributed by atoms with Crippen molar-refractivity contribution in [3.05, 3.63) is 58.3 Å². The van der Waals surface area contributed by atoms with Gasteiger partial charge >= 0.3 is 18.0 Å². The van der Waals surface area contributed by atoms with Gasteiger partial charge in [-0.15, -0.1) is 11.3 Å². The van der Waals surface area contributed by atoms with Crippen LogP contribution in [-0.2, 0) is 25.7 Å². The summed E-state index contributed by atoms with van der Waals surface area (Å²) in [7, 11) is 0. The van der Waals surface area contributed by atoms with Gasteiger partial charge in [0.15, 0.2) is 0 Å². The predicted octanol–water partition coefficient (Wildman–Crippen LogP) is 5.66. The molecule has 1 saturated heterocycles. The van der Waals surface area contributed by atoms with Gasteiger partial charge in [0, 0.05) is 4.88 Å². The number of esters is 1. The van der Waals surface area contributed by atoms with E-state index in [2.05, 4.69) is 0 Å². The van der Waals surface area contributed by atoms with Gasteiger partial charge in [-0.3, -0.25) is 9.69 Å². The monoisotopic (exact) mass is 487 g/mol. The Labute approximate surface area is 204 Å². The number of hydrogen-bond donors (Lipinski definition) is 1. The van der Waals surface area contributed by atoms with Crippen molar-refractivity contribution in [2.24, 2.45) is 11.8 Å². The van der Waals surface area contributed by atoms with Gasteiger partial charge in [-0.25, -0.2) is 9.59 Å². The van der Waals surface area contributed by atoms with Gasteiger partial charge in [-0.05, 0) is 56.5 Å². The Bertz CT molecular complexity index is 998. The van der Waals surface area contributed by atoms with Crippen LogP contribution < -0.4 is 0 Å². The van der Waals surface area contributed by atoms with Gasteiger partial charge in [-0.2, -0.15) is 0 Å². The van der Waals surface area contributed by atoms with Crippen LogP contribution in [0.4, 0.5) is 4.79 Å². The zero-order chi connectivity index (χ0) is 25.1. The van der Waals surface area contributed by atoms with Crippen molar-refractivity contribution in [3.8, 4) is 0 Å². The summed E-state index contributed by atoms with van der Waals surface area (Å²) in [6.45, 7) is 9.16. The maximum atomic E-state index is 13.7. The van der Waals surface area contributed by atoms with Crippen LogP contribution in [0.2, 0.25) is 0 Å². The molecular weight excluding hydrogens is 454 g/mol. The molecule has 1 N–H and O–H groups in total. The van der Waals surface area contributed by atoms with Crippen LogP contribution in [0.3, 0.4) is 0 Å². The first-order chi connectivity index (χ1) is 15.9. The predicted molar refractivity (Wildman–Crippen MR) is 129 cm³/mol. The van der Waals surface area contributed by atoms with Gasteiger partial charge in [0.25, 0.3) is 0 Å². The van der Waals surface area contributed by atoms with Crippen LogP contribution in [0, 0.1) is 11.8 Å². The Kier molecular flexibility index (Phi) is 7.70. The highest BCUT2D eigenvalue weighted by Gasteiger charge is 2.62. The summed E-state index contributed by atoms with van der Waals surface area (Å²) in [6.07, 6.45) is -0.510. The molecule has 0 radical (unpaired) electrons. The number of carbonyl (C=O) groups is 3. The minimum Gasteiger partial charge on any atom is -0.481 e. The molecule has 0 spiro atoms. The lowest BCUT2D eigenvalue weighted by Gasteiger charge is -2.40. The van der Waals surface area contributed by atoms with E-state index >= 15 is 0 Å². The van der Waals surface area contributed by atoms with Gasteiger partial charge in [0.1, 0.15) is 17.7 Å². The molecule has 7 nitrogen and oxygen atoms in total. The molecule has 0 aliphatic carbocycles. The lowest BCUT2D eigenvalue weighted by Crippen LogP contribution is -2.56. The summed E-state index contributed by atoms with van der Waals surface area (Å²) in [5, 5.41) is 12.0. The maximum absolute atomic E-state index is 13.7. The van der Waals surface area contributed by atoms with Gasteiger partial charge in [0.2, 0.25) is 0 Å². The van der Waals surface area contributed by atoms with E-state index in [4.69, 9.17) is 9.47 Å². The van der Waals surface area contributed by atoms with E-state index < -0.39 is 41.1 Å². The summed E-state index contributed by atoms with van der Waals surface area (Å²) in [5.41, 5.74) is -1.47. The van der Waals surface area contributed by atoms with Crippen LogP contribution in [0.15, 0.2) is 47.8 Å². The largest absolute Gasteiger partial charge is 0.481 e. The van der Waals surface area contributed by atoms with E-state index in [1.807, 2.05) is 55.6 Å². The highest BCUT2D eigenvalue weighted by Crippen LogP contribution is 2.51. The number of aliphatic carboxylic acids is 1. The van der Waals surface area contributed by atoms with Crippen molar-refractivity contribution in [1.82, 2.24) is 4.90 Å². The summed E-state index contributed by atoms with van der Waals surface area (Å²) in [5.74, 6) is -2.65. The number of likely N-dealkylation sites (tertiary alicyclic amines) is 1. The number of nitrogens with zero attached hydrogens (tertiary/aromatic N) is 1. The lowest BCUT2D eigenvalue weighted by molar-refractivity contribution is -0.169. The van der Waals surface area contributed by atoms with E-state index in [-0.39, 0.29) is 25.4 Å². The second kappa shape index (κ2) is 10.2. The second-order valence-corrected chi connectivity index (χ2v) is 11.1. The number of ether oxygens (including phenoxy) is 2. The molecule has 3 rings (SSSR count). The normalized spacial score (nSPS) is 22.6. The van der Waals surface area contributed by atoms with Crippen LogP contribution in [0.5, 0.6) is 0 Å². The average molecular weight is 488 g/mol. The third-order valence-electron chi connectivity index (χ3n) is 5.76. The summed E-state index contributed by atoms with van der Waals surface area (Å²) < 4.78 is 11.5. The molecule has 3 atom stereocenters. The highest BCUT2D eigenvalue weighted by atomic mass is 32.1. The first-order valence-electron chi connectivity index (χ1n) is 11.4. The topological polar surface area (TPSA) is 93.1 Å². The summed E-state index contributed by atoms with van der Waals surface area (Å²) in [6, 6.07) is 12.0. The molecule has 1 aromatic carbocycles. The molecule has 184 valence electrons. The smallest absolute Gasteiger partial charge is 0.411 e. The van der Waals surface area contributed by atoms with Crippen molar-refractivity contribution < 1.29 is 29.0 Å². The first kappa shape index (κ1) is 25.7. The minimum atomic E-state index is -1.47. The summed E-state index contributed by atoms with van der Waals surface area (Å²) in [4.78, 5) is 41.9. The molecule has 1 amide bonds. The Balaban J connectivity index is 2.10. The van der Waals surface area contributed by atoms with Crippen molar-refractivity contribution in [2.75, 3.05) is 0 Å². The molecule has 0 saturated carbocycles. The molecule has 2 heterocycles. The molecule has 1 aliphatic heterocycles. The molecule has 1 fully saturated rings. The SMILES string of the molecule is CC(C)C[C@@]1(C(=O)OC(C)(C)C)C[C@H](C(=O)O)[C@H](c2cccs2)N1C(=O)OCc1ccccc1. The van der Waals surface area contributed by atoms with E-state index in [1.54, 1.807) is 26.8 Å². The van der Waals surface area contributed by atoms with E-state index in [1.165, 1.54) is 16.2 Å². The Hall–Kier alpha value is -2.87. The molecule has 1 aromatic heterocycles. The molecular formula is C26H33NO6S. The number of carboxylic acids is 1. The fourth-order valence-electron chi connectivity index (χ4n) is 4.60. The summed E-state index contributed by atoms with van der Waals surface area (Å²) >= 11 is 1.36. The maximum Gasteiger partial charge on any atom is 0.411 e. The van der Waals surface area contributed by atoms with Crippen molar-refractivity contribution >= 4 is 29.4 Å². The number of amides is 1. The van der Waals surface area contributed by atoms with Gasteiger partial charge in [0.05, 0.1) is 12.0 Å². The van der Waals surface area contributed by atoms with Crippen molar-refractivity contribution in [2.45, 2.75) is 71.2 Å². The van der Waals surface area contributed by atoms with Crippen LogP contribution >= 0.6 is 11.3 Å². The fraction of sp³-hybridized carbons (Fsp3) is 0.500. The number of thiophene rings is 1. The van der Waals surface area contributed by atoms with Crippen molar-refractivity contribution in [3.63, 3.8) is 0 Å². The number of benzene rings is 1. The quantitative estimate of drug-likeness (QED) is 0.507. The van der Waals surface area contributed by atoms with E-state index in [9.17, 15) is 19.5 Å². The average Bonchev–Trinajstić information content (AvgIpc) is 3.38. The second-order valence-electron chi connectivity index (χ2n) is 10.2. The lowest BCUT2D eigenvalue weighted by atomic mass is 9.83. The van der Waals surface area contributed by atoms with Crippen molar-refractivity contribution in [1.29, 1.82) is 0 Å². The zero-order valence-corrected chi connectivity index (χ0v) is 21.1. The third-order valence-corrected chi connectivity index (χ3v) is 6.70. The first-order valence-corrected chi connectivity index (χ1v) is 12.3. The Morgan fingerprint density at radius 3 is 2.35 bits per heavy atom. The zero-order valence-electron chi connectivity index (χ0n) is 20.3. The van der Waals surface area contributed by atoms with Gasteiger partial charge < -0.3 is 14.6 Å². The standard InChI is InChI=1S/C26H33NO6S/c1-17(2)14-26(23(30)33-25(3,4)5)15-19(22(28)29)21(20-12-9-13-34-20)27(26)24(31)32-16-18-10-7-6-8-11-18/h6-13,17,19,21H,14-16H2,1-5H3,(H,28,29)/t19-,21+,26-/m0/s1. The van der Waals surface area contributed by atoms with Crippen LogP contribution in [0.25, 0.3) is 0 Å². The van der Waals surface area contributed by atoms with Crippen LogP contribution in [0.1, 0.15) is 63.9 Å². The molecule has 2 aromatic rings. The minimum absolute atomic E-state index is 0.00604. The van der Waals surface area contributed by atoms with Crippen LogP contribution in [-0.4, -0.2) is 39.2 Å². The molecule has 0 bridgehead atoms. The third kappa shape index (κ3) is 5.60. The number of carbonyl (C=O) groups excluding carboxylic acids is 2. The Morgan fingerprint density at radius 2 is 1.82 bits per heavy atom. The highest BCUT2D eigenvalue weighted by molar-refractivity contribution is 7.10. The molecule has 8 heteroatoms. The number of rotatable bonds is 7. The molecule has 1 aliphatic rings. The number of carboxylic acid groups (broad SMARTS) is 1. The fourth-order valence-corrected chi connectivity index (χ4v) is 5.48. The van der Waals surface area contributed by atoms with Gasteiger partial charge in [-0.1, -0.05) is 50.2 Å². The van der Waals surface area contributed by atoms with E-state index in [0.717, 1.165) is 5.56 Å².